The molecular weight excluding hydrogens is 258 g/mol. The molecule has 0 fully saturated rings. The zero-order chi connectivity index (χ0) is 14.4. The van der Waals surface area contributed by atoms with Crippen LogP contribution in [-0.4, -0.2) is 29.1 Å². The molecule has 1 amide bonds. The Morgan fingerprint density at radius 3 is 2.50 bits per heavy atom. The molecule has 5 nitrogen and oxygen atoms in total. The summed E-state index contributed by atoms with van der Waals surface area (Å²) in [6.45, 7) is 0.474. The molecule has 0 radical (unpaired) electrons. The number of carbonyl (C=O) groups is 1. The van der Waals surface area contributed by atoms with Crippen LogP contribution in [0.15, 0.2) is 57.9 Å². The van der Waals surface area contributed by atoms with Gasteiger partial charge in [0.2, 0.25) is 0 Å². The fourth-order valence-electron chi connectivity index (χ4n) is 1.84. The van der Waals surface area contributed by atoms with Crippen LogP contribution in [0.1, 0.15) is 15.9 Å². The molecule has 0 aliphatic carbocycles. The molecule has 20 heavy (non-hydrogen) atoms. The van der Waals surface area contributed by atoms with Crippen molar-refractivity contribution in [3.63, 3.8) is 0 Å². The average molecular weight is 273 g/mol. The first kappa shape index (κ1) is 14.0. The Labute approximate surface area is 116 Å². The maximum absolute atomic E-state index is 12.3. The lowest BCUT2D eigenvalue weighted by Gasteiger charge is -2.21. The van der Waals surface area contributed by atoms with E-state index in [0.29, 0.717) is 6.54 Å². The first-order chi connectivity index (χ1) is 9.70. The van der Waals surface area contributed by atoms with Crippen molar-refractivity contribution in [2.45, 2.75) is 6.54 Å². The van der Waals surface area contributed by atoms with Crippen molar-refractivity contribution < 1.29 is 14.3 Å². The molecule has 2 aromatic rings. The van der Waals surface area contributed by atoms with E-state index in [2.05, 4.69) is 0 Å². The summed E-state index contributed by atoms with van der Waals surface area (Å²) in [4.78, 5) is 24.7. The monoisotopic (exact) mass is 273 g/mol. The van der Waals surface area contributed by atoms with Gasteiger partial charge in [0.1, 0.15) is 6.26 Å². The molecule has 1 aromatic heterocycles. The maximum atomic E-state index is 12.3. The SMILES string of the molecule is O=C(c1ccc(=O)oc1)N(CCO)Cc1ccccc1. The van der Waals surface area contributed by atoms with Crippen molar-refractivity contribution in [1.82, 2.24) is 4.90 Å². The lowest BCUT2D eigenvalue weighted by atomic mass is 10.2. The lowest BCUT2D eigenvalue weighted by Crippen LogP contribution is -2.33. The average Bonchev–Trinajstić information content (AvgIpc) is 2.48. The highest BCUT2D eigenvalue weighted by atomic mass is 16.4. The number of aliphatic hydroxyl groups is 1. The Morgan fingerprint density at radius 2 is 1.90 bits per heavy atom. The third-order valence-electron chi connectivity index (χ3n) is 2.82. The number of aliphatic hydroxyl groups excluding tert-OH is 1. The Kier molecular flexibility index (Phi) is 4.68. The van der Waals surface area contributed by atoms with E-state index in [-0.39, 0.29) is 24.6 Å². The fourth-order valence-corrected chi connectivity index (χ4v) is 1.84. The van der Waals surface area contributed by atoms with Gasteiger partial charge in [-0.15, -0.1) is 0 Å². The number of hydrogen-bond donors (Lipinski definition) is 1. The zero-order valence-corrected chi connectivity index (χ0v) is 10.9. The Bertz CT molecular complexity index is 601. The van der Waals surface area contributed by atoms with Crippen molar-refractivity contribution in [3.05, 3.63) is 70.3 Å². The maximum Gasteiger partial charge on any atom is 0.335 e. The van der Waals surface area contributed by atoms with Crippen LogP contribution in [-0.2, 0) is 6.54 Å². The number of carbonyl (C=O) groups excluding carboxylic acids is 1. The second kappa shape index (κ2) is 6.68. The molecule has 5 heteroatoms. The predicted molar refractivity (Wildman–Crippen MR) is 73.2 cm³/mol. The molecule has 1 heterocycles. The molecule has 104 valence electrons. The number of benzene rings is 1. The minimum atomic E-state index is -0.502. The fraction of sp³-hybridized carbons (Fsp3) is 0.200. The quantitative estimate of drug-likeness (QED) is 0.890. The van der Waals surface area contributed by atoms with E-state index in [1.807, 2.05) is 30.3 Å². The Balaban J connectivity index is 2.17. The van der Waals surface area contributed by atoms with Crippen molar-refractivity contribution in [2.75, 3.05) is 13.2 Å². The summed E-state index contributed by atoms with van der Waals surface area (Å²) in [5, 5.41) is 9.09. The zero-order valence-electron chi connectivity index (χ0n) is 10.9. The van der Waals surface area contributed by atoms with Crippen molar-refractivity contribution in [2.24, 2.45) is 0 Å². The molecule has 0 saturated heterocycles. The van der Waals surface area contributed by atoms with Crippen molar-refractivity contribution in [3.8, 4) is 0 Å². The minimum absolute atomic E-state index is 0.130. The summed E-state index contributed by atoms with van der Waals surface area (Å²) in [6.07, 6.45) is 1.14. The molecule has 0 atom stereocenters. The third-order valence-corrected chi connectivity index (χ3v) is 2.82. The van der Waals surface area contributed by atoms with Gasteiger partial charge in [-0.2, -0.15) is 0 Å². The standard InChI is InChI=1S/C15H15NO4/c17-9-8-16(10-12-4-2-1-3-5-12)15(19)13-6-7-14(18)20-11-13/h1-7,11,17H,8-10H2. The molecule has 1 N–H and O–H groups in total. The van der Waals surface area contributed by atoms with E-state index in [4.69, 9.17) is 9.52 Å². The van der Waals surface area contributed by atoms with Gasteiger partial charge < -0.3 is 14.4 Å². The number of hydrogen-bond acceptors (Lipinski definition) is 4. The largest absolute Gasteiger partial charge is 0.430 e. The number of amides is 1. The van der Waals surface area contributed by atoms with E-state index >= 15 is 0 Å². The molecule has 0 spiro atoms. The normalized spacial score (nSPS) is 10.2. The van der Waals surface area contributed by atoms with Crippen LogP contribution >= 0.6 is 0 Å². The van der Waals surface area contributed by atoms with Gasteiger partial charge in [0.15, 0.2) is 0 Å². The Hall–Kier alpha value is -2.40. The van der Waals surface area contributed by atoms with Crippen LogP contribution in [0.25, 0.3) is 0 Å². The summed E-state index contributed by atoms with van der Waals surface area (Å²) in [5.74, 6) is -0.286. The van der Waals surface area contributed by atoms with Crippen LogP contribution in [0.5, 0.6) is 0 Å². The summed E-state index contributed by atoms with van der Waals surface area (Å²) < 4.78 is 4.69. The van der Waals surface area contributed by atoms with E-state index in [1.54, 1.807) is 0 Å². The first-order valence-electron chi connectivity index (χ1n) is 6.23. The molecule has 0 saturated carbocycles. The highest BCUT2D eigenvalue weighted by Gasteiger charge is 2.16. The van der Waals surface area contributed by atoms with Crippen molar-refractivity contribution >= 4 is 5.91 Å². The molecule has 0 aliphatic heterocycles. The molecule has 2 rings (SSSR count). The van der Waals surface area contributed by atoms with Crippen molar-refractivity contribution in [1.29, 1.82) is 0 Å². The van der Waals surface area contributed by atoms with Gasteiger partial charge in [-0.1, -0.05) is 30.3 Å². The predicted octanol–water partition coefficient (Wildman–Crippen LogP) is 1.27. The minimum Gasteiger partial charge on any atom is -0.430 e. The number of nitrogens with zero attached hydrogens (tertiary/aromatic N) is 1. The third kappa shape index (κ3) is 3.55. The van der Waals surface area contributed by atoms with E-state index < -0.39 is 5.63 Å². The molecule has 0 bridgehead atoms. The van der Waals surface area contributed by atoms with Gasteiger partial charge in [0.05, 0.1) is 12.2 Å². The van der Waals surface area contributed by atoms with Crippen LogP contribution in [0.2, 0.25) is 0 Å². The second-order valence-electron chi connectivity index (χ2n) is 4.28. The molecular formula is C15H15NO4. The van der Waals surface area contributed by atoms with Crippen LogP contribution in [0.4, 0.5) is 0 Å². The van der Waals surface area contributed by atoms with E-state index in [1.165, 1.54) is 17.0 Å². The Morgan fingerprint density at radius 1 is 1.15 bits per heavy atom. The van der Waals surface area contributed by atoms with Gasteiger partial charge in [0.25, 0.3) is 5.91 Å². The van der Waals surface area contributed by atoms with E-state index in [0.717, 1.165) is 11.8 Å². The first-order valence-corrected chi connectivity index (χ1v) is 6.23. The number of rotatable bonds is 5. The summed E-state index contributed by atoms with van der Waals surface area (Å²) in [5.41, 5.74) is 0.749. The summed E-state index contributed by atoms with van der Waals surface area (Å²) in [7, 11) is 0. The summed E-state index contributed by atoms with van der Waals surface area (Å²) >= 11 is 0. The van der Waals surface area contributed by atoms with Gasteiger partial charge in [-0.25, -0.2) is 4.79 Å². The molecule has 1 aromatic carbocycles. The second-order valence-corrected chi connectivity index (χ2v) is 4.28. The highest BCUT2D eigenvalue weighted by molar-refractivity contribution is 5.93. The lowest BCUT2D eigenvalue weighted by molar-refractivity contribution is 0.0705. The summed E-state index contributed by atoms with van der Waals surface area (Å²) in [6, 6.07) is 12.1. The molecule has 0 unspecified atom stereocenters. The van der Waals surface area contributed by atoms with Crippen LogP contribution in [0, 0.1) is 0 Å². The topological polar surface area (TPSA) is 70.8 Å². The molecule has 0 aliphatic rings. The van der Waals surface area contributed by atoms with Gasteiger partial charge in [0, 0.05) is 19.2 Å². The van der Waals surface area contributed by atoms with Crippen LogP contribution in [0.3, 0.4) is 0 Å². The smallest absolute Gasteiger partial charge is 0.335 e. The van der Waals surface area contributed by atoms with Gasteiger partial charge >= 0.3 is 5.63 Å². The highest BCUT2D eigenvalue weighted by Crippen LogP contribution is 2.09. The van der Waals surface area contributed by atoms with Gasteiger partial charge in [-0.05, 0) is 11.6 Å². The van der Waals surface area contributed by atoms with E-state index in [9.17, 15) is 9.59 Å². The van der Waals surface area contributed by atoms with Gasteiger partial charge in [-0.3, -0.25) is 4.79 Å². The van der Waals surface area contributed by atoms with Crippen LogP contribution < -0.4 is 5.63 Å².